The molecule has 1 heteroatoms. The molecule has 76 valence electrons. The summed E-state index contributed by atoms with van der Waals surface area (Å²) < 4.78 is 0. The summed E-state index contributed by atoms with van der Waals surface area (Å²) in [6.07, 6.45) is 1.14. The molecule has 1 nitrogen and oxygen atoms in total. The van der Waals surface area contributed by atoms with Crippen molar-refractivity contribution in [1.82, 2.24) is 0 Å². The second-order valence-corrected chi connectivity index (χ2v) is 2.16. The number of hydrogen-bond donors (Lipinski definition) is 1. The number of aryl methyl sites for hydroxylation is 1. The fraction of sp³-hybridized carbons (Fsp3) is 0.500. The van der Waals surface area contributed by atoms with Crippen molar-refractivity contribution in [3.05, 3.63) is 35.9 Å². The molecular formula is C12H22O. The smallest absolute Gasteiger partial charge is 0.0402 e. The molecule has 0 fully saturated rings. The first-order chi connectivity index (χ1) is 6.35. The highest BCUT2D eigenvalue weighted by Crippen LogP contribution is 1.96. The zero-order valence-corrected chi connectivity index (χ0v) is 9.25. The van der Waals surface area contributed by atoms with Gasteiger partial charge in [-0.25, -0.2) is 0 Å². The molecule has 0 saturated heterocycles. The normalized spacial score (nSPS) is 7.46. The zero-order valence-electron chi connectivity index (χ0n) is 9.25. The van der Waals surface area contributed by atoms with Crippen LogP contribution >= 0.6 is 0 Å². The van der Waals surface area contributed by atoms with Crippen LogP contribution in [0.5, 0.6) is 0 Å². The minimum atomic E-state index is 0.250. The number of rotatable bonds is 1. The van der Waals surface area contributed by atoms with E-state index >= 15 is 0 Å². The van der Waals surface area contributed by atoms with Crippen LogP contribution in [0.25, 0.3) is 0 Å². The van der Waals surface area contributed by atoms with Gasteiger partial charge in [-0.3, -0.25) is 0 Å². The van der Waals surface area contributed by atoms with Crippen LogP contribution in [-0.2, 0) is 6.42 Å². The monoisotopic (exact) mass is 182 g/mol. The zero-order chi connectivity index (χ0) is 10.5. The van der Waals surface area contributed by atoms with Crippen molar-refractivity contribution in [2.45, 2.75) is 34.1 Å². The van der Waals surface area contributed by atoms with E-state index in [0.717, 1.165) is 6.42 Å². The second-order valence-electron chi connectivity index (χ2n) is 2.16. The lowest BCUT2D eigenvalue weighted by atomic mass is 10.2. The fourth-order valence-corrected chi connectivity index (χ4v) is 0.714. The van der Waals surface area contributed by atoms with Crippen LogP contribution in [0.2, 0.25) is 0 Å². The number of aliphatic hydroxyl groups is 1. The van der Waals surface area contributed by atoms with Crippen LogP contribution in [0.15, 0.2) is 30.3 Å². The van der Waals surface area contributed by atoms with Gasteiger partial charge < -0.3 is 5.11 Å². The molecule has 13 heavy (non-hydrogen) atoms. The molecule has 0 aromatic heterocycles. The van der Waals surface area contributed by atoms with E-state index in [1.807, 2.05) is 19.9 Å². The molecule has 1 rings (SSSR count). The maximum Gasteiger partial charge on any atom is 0.0402 e. The maximum absolute atomic E-state index is 7.57. The summed E-state index contributed by atoms with van der Waals surface area (Å²) >= 11 is 0. The predicted octanol–water partition coefficient (Wildman–Crippen LogP) is 3.27. The molecule has 1 N–H and O–H groups in total. The average molecular weight is 182 g/mol. The van der Waals surface area contributed by atoms with Gasteiger partial charge in [0.2, 0.25) is 0 Å². The van der Waals surface area contributed by atoms with Crippen molar-refractivity contribution in [1.29, 1.82) is 0 Å². The van der Waals surface area contributed by atoms with Crippen molar-refractivity contribution < 1.29 is 5.11 Å². The van der Waals surface area contributed by atoms with Gasteiger partial charge in [0.05, 0.1) is 0 Å². The van der Waals surface area contributed by atoms with Crippen LogP contribution < -0.4 is 0 Å². The summed E-state index contributed by atoms with van der Waals surface area (Å²) in [4.78, 5) is 0. The minimum absolute atomic E-state index is 0.250. The highest BCUT2D eigenvalue weighted by atomic mass is 16.2. The fourth-order valence-electron chi connectivity index (χ4n) is 0.714. The molecule has 0 bridgehead atoms. The Labute approximate surface area is 82.4 Å². The Balaban J connectivity index is 0. The Bertz CT molecular complexity index is 158. The second kappa shape index (κ2) is 13.7. The SMILES string of the molecule is CC.CCO.CCc1ccccc1. The molecule has 1 aromatic rings. The number of hydrogen-bond acceptors (Lipinski definition) is 1. The van der Waals surface area contributed by atoms with Crippen LogP contribution in [0.1, 0.15) is 33.3 Å². The molecule has 0 amide bonds. The standard InChI is InChI=1S/C8H10.C2H6O.C2H6/c1-2-8-6-4-3-5-7-8;1-2-3;1-2/h3-7H,2H2,1H3;3H,2H2,1H3;1-2H3. The van der Waals surface area contributed by atoms with Crippen molar-refractivity contribution >= 4 is 0 Å². The minimum Gasteiger partial charge on any atom is -0.397 e. The summed E-state index contributed by atoms with van der Waals surface area (Å²) in [5.74, 6) is 0. The van der Waals surface area contributed by atoms with Crippen molar-refractivity contribution in [3.63, 3.8) is 0 Å². The Morgan fingerprint density at radius 1 is 1.00 bits per heavy atom. The summed E-state index contributed by atoms with van der Waals surface area (Å²) in [6, 6.07) is 10.5. The van der Waals surface area contributed by atoms with E-state index in [0.29, 0.717) is 0 Å². The molecule has 0 spiro atoms. The van der Waals surface area contributed by atoms with Crippen molar-refractivity contribution in [2.24, 2.45) is 0 Å². The van der Waals surface area contributed by atoms with E-state index < -0.39 is 0 Å². The quantitative estimate of drug-likeness (QED) is 0.706. The van der Waals surface area contributed by atoms with Crippen LogP contribution in [-0.4, -0.2) is 11.7 Å². The van der Waals surface area contributed by atoms with Gasteiger partial charge in [0.25, 0.3) is 0 Å². The topological polar surface area (TPSA) is 20.2 Å². The lowest BCUT2D eigenvalue weighted by molar-refractivity contribution is 0.318. The third kappa shape index (κ3) is 11.2. The van der Waals surface area contributed by atoms with E-state index in [1.54, 1.807) is 6.92 Å². The molecule has 0 atom stereocenters. The van der Waals surface area contributed by atoms with Gasteiger partial charge in [0.15, 0.2) is 0 Å². The van der Waals surface area contributed by atoms with Gasteiger partial charge in [-0.15, -0.1) is 0 Å². The van der Waals surface area contributed by atoms with Gasteiger partial charge in [0.1, 0.15) is 0 Å². The average Bonchev–Trinajstić information content (AvgIpc) is 2.23. The third-order valence-corrected chi connectivity index (χ3v) is 1.25. The summed E-state index contributed by atoms with van der Waals surface area (Å²) in [7, 11) is 0. The molecule has 0 radical (unpaired) electrons. The summed E-state index contributed by atoms with van der Waals surface area (Å²) in [5.41, 5.74) is 1.41. The lowest BCUT2D eigenvalue weighted by Crippen LogP contribution is -1.73. The first-order valence-electron chi connectivity index (χ1n) is 4.99. The molecular weight excluding hydrogens is 160 g/mol. The van der Waals surface area contributed by atoms with Gasteiger partial charge in [0, 0.05) is 6.61 Å². The largest absolute Gasteiger partial charge is 0.397 e. The summed E-state index contributed by atoms with van der Waals surface area (Å²) in [5, 5.41) is 7.57. The van der Waals surface area contributed by atoms with E-state index in [2.05, 4.69) is 31.2 Å². The van der Waals surface area contributed by atoms with E-state index in [-0.39, 0.29) is 6.61 Å². The van der Waals surface area contributed by atoms with Gasteiger partial charge in [-0.2, -0.15) is 0 Å². The highest BCUT2D eigenvalue weighted by molar-refractivity contribution is 5.13. The third-order valence-electron chi connectivity index (χ3n) is 1.25. The van der Waals surface area contributed by atoms with E-state index in [1.165, 1.54) is 5.56 Å². The van der Waals surface area contributed by atoms with Crippen LogP contribution in [0.4, 0.5) is 0 Å². The Morgan fingerprint density at radius 2 is 1.38 bits per heavy atom. The first-order valence-corrected chi connectivity index (χ1v) is 4.99. The van der Waals surface area contributed by atoms with Gasteiger partial charge >= 0.3 is 0 Å². The molecule has 0 heterocycles. The van der Waals surface area contributed by atoms with Gasteiger partial charge in [-0.05, 0) is 18.9 Å². The van der Waals surface area contributed by atoms with E-state index in [9.17, 15) is 0 Å². The van der Waals surface area contributed by atoms with E-state index in [4.69, 9.17) is 5.11 Å². The van der Waals surface area contributed by atoms with Crippen LogP contribution in [0, 0.1) is 0 Å². The van der Waals surface area contributed by atoms with Crippen molar-refractivity contribution in [2.75, 3.05) is 6.61 Å². The first kappa shape index (κ1) is 14.7. The lowest BCUT2D eigenvalue weighted by Gasteiger charge is -1.89. The molecule has 0 aliphatic rings. The molecule has 0 aliphatic carbocycles. The number of aliphatic hydroxyl groups excluding tert-OH is 1. The Hall–Kier alpha value is -0.820. The maximum atomic E-state index is 7.57. The van der Waals surface area contributed by atoms with Crippen LogP contribution in [0.3, 0.4) is 0 Å². The Morgan fingerprint density at radius 3 is 1.62 bits per heavy atom. The molecule has 0 saturated carbocycles. The Kier molecular flexibility index (Phi) is 15.5. The molecule has 1 aromatic carbocycles. The predicted molar refractivity (Wildman–Crippen MR) is 59.9 cm³/mol. The van der Waals surface area contributed by atoms with Crippen molar-refractivity contribution in [3.8, 4) is 0 Å². The highest BCUT2D eigenvalue weighted by Gasteiger charge is 1.79. The summed E-state index contributed by atoms with van der Waals surface area (Å²) in [6.45, 7) is 8.09. The molecule has 0 unspecified atom stereocenters. The molecule has 0 aliphatic heterocycles. The number of benzene rings is 1. The van der Waals surface area contributed by atoms with Gasteiger partial charge in [-0.1, -0.05) is 51.1 Å².